The summed E-state index contributed by atoms with van der Waals surface area (Å²) in [6, 6.07) is 5.65. The van der Waals surface area contributed by atoms with E-state index in [0.717, 1.165) is 6.26 Å². The van der Waals surface area contributed by atoms with E-state index >= 15 is 0 Å². The minimum atomic E-state index is -3.25. The van der Waals surface area contributed by atoms with Crippen molar-refractivity contribution in [2.45, 2.75) is 17.0 Å². The SMILES string of the molecule is CN1C(=O)O[C@H](c2ccc(S(C)(=O)=O)cc2)[C@H]1CO. The van der Waals surface area contributed by atoms with Crippen molar-refractivity contribution >= 4 is 15.9 Å². The molecule has 1 heterocycles. The van der Waals surface area contributed by atoms with Gasteiger partial charge in [0, 0.05) is 13.3 Å². The van der Waals surface area contributed by atoms with Gasteiger partial charge < -0.3 is 14.7 Å². The number of likely N-dealkylation sites (N-methyl/N-ethyl adjacent to an activating group) is 1. The van der Waals surface area contributed by atoms with Crippen LogP contribution in [0.4, 0.5) is 4.79 Å². The second-order valence-corrected chi connectivity index (χ2v) is 6.52. The molecule has 19 heavy (non-hydrogen) atoms. The van der Waals surface area contributed by atoms with Crippen LogP contribution in [0.25, 0.3) is 0 Å². The van der Waals surface area contributed by atoms with Gasteiger partial charge in [-0.25, -0.2) is 13.2 Å². The number of amides is 1. The Labute approximate surface area is 111 Å². The summed E-state index contributed by atoms with van der Waals surface area (Å²) in [6.07, 6.45) is 0.0365. The first-order valence-corrected chi connectivity index (χ1v) is 7.58. The van der Waals surface area contributed by atoms with Gasteiger partial charge in [0.1, 0.15) is 0 Å². The third kappa shape index (κ3) is 2.57. The molecule has 1 aromatic carbocycles. The topological polar surface area (TPSA) is 83.9 Å². The van der Waals surface area contributed by atoms with Gasteiger partial charge in [-0.1, -0.05) is 12.1 Å². The van der Waals surface area contributed by atoms with Crippen LogP contribution in [-0.4, -0.2) is 50.5 Å². The van der Waals surface area contributed by atoms with E-state index in [2.05, 4.69) is 0 Å². The average Bonchev–Trinajstić information content (AvgIpc) is 2.64. The van der Waals surface area contributed by atoms with E-state index in [1.54, 1.807) is 19.2 Å². The van der Waals surface area contributed by atoms with E-state index in [1.807, 2.05) is 0 Å². The number of aliphatic hydroxyl groups is 1. The number of hydrogen-bond acceptors (Lipinski definition) is 5. The molecule has 1 saturated heterocycles. The molecule has 6 nitrogen and oxygen atoms in total. The molecule has 1 aromatic rings. The fourth-order valence-electron chi connectivity index (χ4n) is 2.02. The number of carbonyl (C=O) groups excluding carboxylic acids is 1. The summed E-state index contributed by atoms with van der Waals surface area (Å²) in [5.74, 6) is 0. The first-order valence-electron chi connectivity index (χ1n) is 5.69. The number of rotatable bonds is 3. The van der Waals surface area contributed by atoms with Crippen molar-refractivity contribution in [1.82, 2.24) is 4.90 Å². The first kappa shape index (κ1) is 13.8. The van der Waals surface area contributed by atoms with Gasteiger partial charge in [0.2, 0.25) is 0 Å². The van der Waals surface area contributed by atoms with E-state index in [9.17, 15) is 18.3 Å². The number of nitrogens with zero attached hydrogens (tertiary/aromatic N) is 1. The molecule has 104 valence electrons. The number of carbonyl (C=O) groups is 1. The second kappa shape index (κ2) is 4.82. The lowest BCUT2D eigenvalue weighted by Crippen LogP contribution is -2.33. The van der Waals surface area contributed by atoms with Gasteiger partial charge in [-0.2, -0.15) is 0 Å². The highest BCUT2D eigenvalue weighted by atomic mass is 32.2. The summed E-state index contributed by atoms with van der Waals surface area (Å²) in [5.41, 5.74) is 0.657. The predicted octanol–water partition coefficient (Wildman–Crippen LogP) is 0.574. The summed E-state index contributed by atoms with van der Waals surface area (Å²) in [6.45, 7) is -0.221. The van der Waals surface area contributed by atoms with Gasteiger partial charge in [-0.3, -0.25) is 0 Å². The third-order valence-corrected chi connectivity index (χ3v) is 4.32. The van der Waals surface area contributed by atoms with Crippen LogP contribution in [0.5, 0.6) is 0 Å². The summed E-state index contributed by atoms with van der Waals surface area (Å²) in [4.78, 5) is 13.0. The fourth-order valence-corrected chi connectivity index (χ4v) is 2.65. The smallest absolute Gasteiger partial charge is 0.410 e. The molecule has 0 unspecified atom stereocenters. The lowest BCUT2D eigenvalue weighted by molar-refractivity contribution is 0.118. The van der Waals surface area contributed by atoms with Gasteiger partial charge in [-0.05, 0) is 17.7 Å². The molecule has 0 spiro atoms. The minimum absolute atomic E-state index is 0.203. The molecule has 7 heteroatoms. The fraction of sp³-hybridized carbons (Fsp3) is 0.417. The van der Waals surface area contributed by atoms with Crippen molar-refractivity contribution < 1.29 is 23.1 Å². The quantitative estimate of drug-likeness (QED) is 0.878. The van der Waals surface area contributed by atoms with Crippen molar-refractivity contribution in [3.63, 3.8) is 0 Å². The van der Waals surface area contributed by atoms with Crippen LogP contribution in [0.2, 0.25) is 0 Å². The molecule has 0 bridgehead atoms. The largest absolute Gasteiger partial charge is 0.439 e. The molecular weight excluding hydrogens is 270 g/mol. The zero-order chi connectivity index (χ0) is 14.2. The van der Waals surface area contributed by atoms with E-state index in [0.29, 0.717) is 5.56 Å². The van der Waals surface area contributed by atoms with Crippen LogP contribution >= 0.6 is 0 Å². The number of ether oxygens (including phenoxy) is 1. The van der Waals surface area contributed by atoms with Crippen LogP contribution in [0.15, 0.2) is 29.2 Å². The number of aliphatic hydroxyl groups excluding tert-OH is 1. The molecule has 0 radical (unpaired) electrons. The van der Waals surface area contributed by atoms with Crippen molar-refractivity contribution in [3.05, 3.63) is 29.8 Å². The molecule has 0 aromatic heterocycles. The minimum Gasteiger partial charge on any atom is -0.439 e. The van der Waals surface area contributed by atoms with Crippen molar-refractivity contribution in [2.24, 2.45) is 0 Å². The van der Waals surface area contributed by atoms with Crippen LogP contribution in [0.3, 0.4) is 0 Å². The van der Waals surface area contributed by atoms with E-state index < -0.39 is 28.1 Å². The Morgan fingerprint density at radius 3 is 2.37 bits per heavy atom. The Hall–Kier alpha value is -1.60. The van der Waals surface area contributed by atoms with Crippen LogP contribution in [0.1, 0.15) is 11.7 Å². The number of benzene rings is 1. The zero-order valence-electron chi connectivity index (χ0n) is 10.6. The molecule has 1 amide bonds. The number of sulfone groups is 1. The third-order valence-electron chi connectivity index (χ3n) is 3.19. The Bertz CT molecular complexity index is 581. The summed E-state index contributed by atoms with van der Waals surface area (Å²) in [7, 11) is -1.70. The van der Waals surface area contributed by atoms with Crippen molar-refractivity contribution in [1.29, 1.82) is 0 Å². The van der Waals surface area contributed by atoms with Crippen LogP contribution < -0.4 is 0 Å². The number of cyclic esters (lactones) is 1. The van der Waals surface area contributed by atoms with E-state index in [4.69, 9.17) is 4.74 Å². The van der Waals surface area contributed by atoms with E-state index in [-0.39, 0.29) is 11.5 Å². The van der Waals surface area contributed by atoms with Gasteiger partial charge in [0.15, 0.2) is 15.9 Å². The molecule has 1 aliphatic heterocycles. The van der Waals surface area contributed by atoms with Crippen LogP contribution in [-0.2, 0) is 14.6 Å². The monoisotopic (exact) mass is 285 g/mol. The number of hydrogen-bond donors (Lipinski definition) is 1. The molecule has 0 aliphatic carbocycles. The van der Waals surface area contributed by atoms with Crippen molar-refractivity contribution in [2.75, 3.05) is 19.9 Å². The molecule has 2 atom stereocenters. The maximum absolute atomic E-state index is 11.5. The van der Waals surface area contributed by atoms with Crippen molar-refractivity contribution in [3.8, 4) is 0 Å². The van der Waals surface area contributed by atoms with E-state index in [1.165, 1.54) is 17.0 Å². The Balaban J connectivity index is 2.30. The summed E-state index contributed by atoms with van der Waals surface area (Å²) >= 11 is 0. The highest BCUT2D eigenvalue weighted by Gasteiger charge is 2.39. The van der Waals surface area contributed by atoms with Gasteiger partial charge in [0.25, 0.3) is 0 Å². The maximum Gasteiger partial charge on any atom is 0.410 e. The highest BCUT2D eigenvalue weighted by molar-refractivity contribution is 7.90. The Morgan fingerprint density at radius 1 is 1.32 bits per heavy atom. The first-order chi connectivity index (χ1) is 8.84. The molecular formula is C12H15NO5S. The highest BCUT2D eigenvalue weighted by Crippen LogP contribution is 2.31. The van der Waals surface area contributed by atoms with Gasteiger partial charge in [0.05, 0.1) is 17.5 Å². The Morgan fingerprint density at radius 2 is 1.89 bits per heavy atom. The lowest BCUT2D eigenvalue weighted by atomic mass is 10.0. The Kier molecular flexibility index (Phi) is 3.51. The summed E-state index contributed by atoms with van der Waals surface area (Å²) < 4.78 is 27.9. The van der Waals surface area contributed by atoms with Crippen LogP contribution in [0, 0.1) is 0 Å². The summed E-state index contributed by atoms with van der Waals surface area (Å²) in [5, 5.41) is 9.30. The molecule has 0 saturated carbocycles. The zero-order valence-corrected chi connectivity index (χ0v) is 11.4. The standard InChI is InChI=1S/C12H15NO5S/c1-13-10(7-14)11(18-12(13)15)8-3-5-9(6-4-8)19(2,16)17/h3-6,10-11,14H,7H2,1-2H3/t10-,11-/m1/s1. The van der Waals surface area contributed by atoms with Gasteiger partial charge >= 0.3 is 6.09 Å². The molecule has 2 rings (SSSR count). The second-order valence-electron chi connectivity index (χ2n) is 4.51. The molecule has 1 aliphatic rings. The molecule has 1 fully saturated rings. The lowest BCUT2D eigenvalue weighted by Gasteiger charge is -2.19. The maximum atomic E-state index is 11.5. The average molecular weight is 285 g/mol. The van der Waals surface area contributed by atoms with Gasteiger partial charge in [-0.15, -0.1) is 0 Å². The predicted molar refractivity (Wildman–Crippen MR) is 67.4 cm³/mol. The molecule has 1 N–H and O–H groups in total. The normalized spacial score (nSPS) is 23.5.